The van der Waals surface area contributed by atoms with Gasteiger partial charge >= 0.3 is 0 Å². The van der Waals surface area contributed by atoms with E-state index in [0.717, 1.165) is 28.2 Å². The normalized spacial score (nSPS) is 12.2. The Morgan fingerprint density at radius 2 is 1.97 bits per heavy atom. The molecule has 2 aromatic heterocycles. The van der Waals surface area contributed by atoms with Crippen molar-refractivity contribution in [1.82, 2.24) is 24.8 Å². The molecule has 0 spiro atoms. The van der Waals surface area contributed by atoms with Gasteiger partial charge in [-0.25, -0.2) is 0 Å². The minimum absolute atomic E-state index is 0.0368. The third kappa shape index (κ3) is 4.41. The number of aryl methyl sites for hydroxylation is 2. The van der Waals surface area contributed by atoms with Crippen molar-refractivity contribution < 1.29 is 14.3 Å². The number of carbonyl (C=O) groups is 1. The van der Waals surface area contributed by atoms with Crippen LogP contribution in [-0.4, -0.2) is 57.1 Å². The molecule has 9 heteroatoms. The van der Waals surface area contributed by atoms with Crippen molar-refractivity contribution in [3.8, 4) is 11.4 Å². The van der Waals surface area contributed by atoms with Crippen molar-refractivity contribution in [1.29, 1.82) is 0 Å². The first kappa shape index (κ1) is 22.0. The smallest absolute Gasteiger partial charge is 0.214 e. The maximum absolute atomic E-state index is 13.0. The molecule has 0 N–H and O–H groups in total. The molecule has 0 aliphatic carbocycles. The number of tetrazole rings is 1. The summed E-state index contributed by atoms with van der Waals surface area (Å²) in [4.78, 5) is 13.0. The van der Waals surface area contributed by atoms with E-state index in [2.05, 4.69) is 27.0 Å². The number of ether oxygens (including phenoxy) is 2. The number of nitrogens with zero attached hydrogens (tertiary/aromatic N) is 5. The number of ketones is 1. The average Bonchev–Trinajstić information content (AvgIpc) is 3.30. The van der Waals surface area contributed by atoms with Crippen molar-refractivity contribution in [3.05, 3.63) is 46.8 Å². The molecule has 0 aliphatic heterocycles. The van der Waals surface area contributed by atoms with Gasteiger partial charge in [-0.2, -0.15) is 4.68 Å². The molecule has 160 valence electrons. The van der Waals surface area contributed by atoms with Crippen LogP contribution in [0, 0.1) is 20.8 Å². The second-order valence-corrected chi connectivity index (χ2v) is 8.16. The monoisotopic (exact) mass is 429 g/mol. The molecule has 3 aromatic rings. The van der Waals surface area contributed by atoms with E-state index in [1.807, 2.05) is 45.0 Å². The van der Waals surface area contributed by atoms with Gasteiger partial charge in [0.1, 0.15) is 11.4 Å². The van der Waals surface area contributed by atoms with Gasteiger partial charge in [0, 0.05) is 24.1 Å². The number of benzene rings is 1. The highest BCUT2D eigenvalue weighted by Gasteiger charge is 2.21. The zero-order valence-electron chi connectivity index (χ0n) is 18.2. The highest BCUT2D eigenvalue weighted by Crippen LogP contribution is 2.28. The van der Waals surface area contributed by atoms with E-state index in [9.17, 15) is 4.79 Å². The van der Waals surface area contributed by atoms with E-state index < -0.39 is 0 Å². The lowest BCUT2D eigenvalue weighted by Crippen LogP contribution is -2.15. The molecule has 1 aromatic carbocycles. The van der Waals surface area contributed by atoms with Crippen LogP contribution >= 0.6 is 11.8 Å². The van der Waals surface area contributed by atoms with Gasteiger partial charge in [0.05, 0.1) is 25.5 Å². The Morgan fingerprint density at radius 3 is 2.67 bits per heavy atom. The summed E-state index contributed by atoms with van der Waals surface area (Å²) in [5, 5.41) is 12.5. The van der Waals surface area contributed by atoms with Gasteiger partial charge in [-0.05, 0) is 61.9 Å². The molecule has 0 saturated carbocycles. The predicted molar refractivity (Wildman–Crippen MR) is 116 cm³/mol. The Bertz CT molecular complexity index is 1040. The molecule has 0 amide bonds. The fraction of sp³-hybridized carbons (Fsp3) is 0.429. The van der Waals surface area contributed by atoms with Crippen LogP contribution in [-0.2, 0) is 4.74 Å². The van der Waals surface area contributed by atoms with Gasteiger partial charge in [-0.1, -0.05) is 17.8 Å². The summed E-state index contributed by atoms with van der Waals surface area (Å²) in [7, 11) is 3.29. The highest BCUT2D eigenvalue weighted by molar-refractivity contribution is 7.99. The van der Waals surface area contributed by atoms with Crippen molar-refractivity contribution >= 4 is 17.5 Å². The summed E-state index contributed by atoms with van der Waals surface area (Å²) < 4.78 is 14.5. The molecule has 0 bridgehead atoms. The van der Waals surface area contributed by atoms with Crippen molar-refractivity contribution in [2.75, 3.05) is 26.6 Å². The van der Waals surface area contributed by atoms with E-state index >= 15 is 0 Å². The zero-order valence-corrected chi connectivity index (χ0v) is 19.0. The molecule has 3 rings (SSSR count). The fourth-order valence-corrected chi connectivity index (χ4v) is 4.41. The van der Waals surface area contributed by atoms with Gasteiger partial charge in [-0.15, -0.1) is 5.10 Å². The second kappa shape index (κ2) is 9.44. The molecule has 0 fully saturated rings. The standard InChI is InChI=1S/C21H27N5O3S/c1-13-7-8-20(29-6)18(9-13)26-21(22-23-24-26)30-12-19(27)17-10-14(2)25(16(17)4)15(3)11-28-5/h7-10,15H,11-12H2,1-6H3/t15-/m0/s1. The largest absolute Gasteiger partial charge is 0.494 e. The molecular weight excluding hydrogens is 402 g/mol. The molecule has 2 heterocycles. The van der Waals surface area contributed by atoms with Crippen LogP contribution in [0.15, 0.2) is 29.4 Å². The first-order chi connectivity index (χ1) is 14.4. The first-order valence-electron chi connectivity index (χ1n) is 9.64. The van der Waals surface area contributed by atoms with E-state index in [-0.39, 0.29) is 17.6 Å². The summed E-state index contributed by atoms with van der Waals surface area (Å²) in [5.74, 6) is 0.934. The number of thioether (sulfide) groups is 1. The van der Waals surface area contributed by atoms with Crippen LogP contribution in [0.2, 0.25) is 0 Å². The Balaban J connectivity index is 1.80. The Hall–Kier alpha value is -2.65. The van der Waals surface area contributed by atoms with Gasteiger partial charge in [0.2, 0.25) is 5.16 Å². The average molecular weight is 430 g/mol. The second-order valence-electron chi connectivity index (χ2n) is 7.22. The lowest BCUT2D eigenvalue weighted by Gasteiger charge is -2.17. The topological polar surface area (TPSA) is 84.1 Å². The summed E-state index contributed by atoms with van der Waals surface area (Å²) in [6.07, 6.45) is 0. The van der Waals surface area contributed by atoms with Crippen molar-refractivity contribution in [3.63, 3.8) is 0 Å². The number of hydrogen-bond acceptors (Lipinski definition) is 7. The summed E-state index contributed by atoms with van der Waals surface area (Å²) in [6.45, 7) is 8.64. The van der Waals surface area contributed by atoms with Crippen LogP contribution in [0.3, 0.4) is 0 Å². The highest BCUT2D eigenvalue weighted by atomic mass is 32.2. The molecule has 1 atom stereocenters. The number of methoxy groups -OCH3 is 2. The number of rotatable bonds is 9. The molecule has 0 unspecified atom stereocenters. The third-order valence-corrected chi connectivity index (χ3v) is 5.89. The quantitative estimate of drug-likeness (QED) is 0.380. The minimum Gasteiger partial charge on any atom is -0.494 e. The van der Waals surface area contributed by atoms with Crippen molar-refractivity contribution in [2.45, 2.75) is 38.9 Å². The maximum Gasteiger partial charge on any atom is 0.214 e. The zero-order chi connectivity index (χ0) is 21.8. The van der Waals surface area contributed by atoms with Crippen LogP contribution in [0.1, 0.15) is 40.3 Å². The van der Waals surface area contributed by atoms with Crippen molar-refractivity contribution in [2.24, 2.45) is 0 Å². The number of carbonyl (C=O) groups excluding carboxylic acids is 1. The molecular formula is C21H27N5O3S. The maximum atomic E-state index is 13.0. The first-order valence-corrected chi connectivity index (χ1v) is 10.6. The van der Waals surface area contributed by atoms with Gasteiger partial charge in [-0.3, -0.25) is 4.79 Å². The lowest BCUT2D eigenvalue weighted by molar-refractivity contribution is 0.102. The summed E-state index contributed by atoms with van der Waals surface area (Å²) in [6, 6.07) is 7.89. The SMILES string of the molecule is COC[C@H](C)n1c(C)cc(C(=O)CSc2nnnn2-c2cc(C)ccc2OC)c1C. The van der Waals surface area contributed by atoms with Crippen LogP contribution in [0.4, 0.5) is 0 Å². The third-order valence-electron chi connectivity index (χ3n) is 4.97. The molecule has 0 saturated heterocycles. The Morgan fingerprint density at radius 1 is 1.20 bits per heavy atom. The van der Waals surface area contributed by atoms with E-state index in [0.29, 0.717) is 17.5 Å². The molecule has 0 radical (unpaired) electrons. The molecule has 8 nitrogen and oxygen atoms in total. The lowest BCUT2D eigenvalue weighted by atomic mass is 10.2. The van der Waals surface area contributed by atoms with Gasteiger partial charge in [0.25, 0.3) is 0 Å². The Kier molecular flexibility index (Phi) is 6.94. The van der Waals surface area contributed by atoms with Crippen LogP contribution < -0.4 is 4.74 Å². The van der Waals surface area contributed by atoms with E-state index in [1.54, 1.807) is 18.9 Å². The fourth-order valence-electron chi connectivity index (χ4n) is 3.65. The van der Waals surface area contributed by atoms with Gasteiger partial charge in [0.15, 0.2) is 5.78 Å². The van der Waals surface area contributed by atoms with Crippen LogP contribution in [0.5, 0.6) is 5.75 Å². The Labute approximate surface area is 180 Å². The molecule has 0 aliphatic rings. The minimum atomic E-state index is 0.0368. The summed E-state index contributed by atoms with van der Waals surface area (Å²) in [5.41, 5.74) is 4.51. The van der Waals surface area contributed by atoms with Crippen LogP contribution in [0.25, 0.3) is 5.69 Å². The molecule has 30 heavy (non-hydrogen) atoms. The number of aromatic nitrogens is 5. The predicted octanol–water partition coefficient (Wildman–Crippen LogP) is 3.58. The number of Topliss-reactive ketones (excluding diaryl/α,β-unsaturated/α-hetero) is 1. The van der Waals surface area contributed by atoms with Gasteiger partial charge < -0.3 is 14.0 Å². The van der Waals surface area contributed by atoms with E-state index in [4.69, 9.17) is 9.47 Å². The summed E-state index contributed by atoms with van der Waals surface area (Å²) >= 11 is 1.31. The number of hydrogen-bond donors (Lipinski definition) is 0. The van der Waals surface area contributed by atoms with E-state index in [1.165, 1.54) is 11.8 Å².